The number of aromatic nitrogens is 3. The first kappa shape index (κ1) is 13.3. The number of nitrogens with zero attached hydrogens (tertiary/aromatic N) is 4. The number of hydrogen-bond acceptors (Lipinski definition) is 5. The molecule has 0 atom stereocenters. The smallest absolute Gasteiger partial charge is 0.163 e. The molecule has 0 spiro atoms. The van der Waals surface area contributed by atoms with Gasteiger partial charge in [0.1, 0.15) is 12.4 Å². The molecule has 0 amide bonds. The molecule has 0 unspecified atom stereocenters. The molecule has 0 saturated carbocycles. The van der Waals surface area contributed by atoms with Gasteiger partial charge in [0.2, 0.25) is 0 Å². The Balaban J connectivity index is 1.75. The summed E-state index contributed by atoms with van der Waals surface area (Å²) in [5, 5.41) is 22.1. The van der Waals surface area contributed by atoms with E-state index in [0.717, 1.165) is 22.0 Å². The van der Waals surface area contributed by atoms with Gasteiger partial charge < -0.3 is 9.88 Å². The topological polar surface area (TPSA) is 66.5 Å². The average molecular weight is 295 g/mol. The number of nitriles is 1. The second kappa shape index (κ2) is 5.77. The van der Waals surface area contributed by atoms with Crippen LogP contribution in [0, 0.1) is 11.3 Å². The lowest BCUT2D eigenvalue weighted by atomic mass is 10.2. The van der Waals surface area contributed by atoms with E-state index in [1.807, 2.05) is 47.3 Å². The van der Waals surface area contributed by atoms with Gasteiger partial charge in [-0.05, 0) is 18.2 Å². The summed E-state index contributed by atoms with van der Waals surface area (Å²) in [4.78, 5) is 1.13. The van der Waals surface area contributed by atoms with Crippen molar-refractivity contribution >= 4 is 17.0 Å². The number of anilines is 1. The zero-order valence-corrected chi connectivity index (χ0v) is 12.3. The Morgan fingerprint density at radius 2 is 2.29 bits per heavy atom. The normalized spacial score (nSPS) is 10.3. The van der Waals surface area contributed by atoms with Gasteiger partial charge in [0.15, 0.2) is 5.82 Å². The van der Waals surface area contributed by atoms with E-state index >= 15 is 0 Å². The number of aryl methyl sites for hydroxylation is 1. The fourth-order valence-corrected chi connectivity index (χ4v) is 2.78. The summed E-state index contributed by atoms with van der Waals surface area (Å²) >= 11 is 1.59. The lowest BCUT2D eigenvalue weighted by Crippen LogP contribution is -1.98. The minimum atomic E-state index is 0.703. The third-order valence-electron chi connectivity index (χ3n) is 3.08. The summed E-state index contributed by atoms with van der Waals surface area (Å²) in [7, 11) is 1.92. The molecule has 3 rings (SSSR count). The Kier molecular flexibility index (Phi) is 3.67. The zero-order chi connectivity index (χ0) is 14.7. The number of benzene rings is 1. The highest BCUT2D eigenvalue weighted by Gasteiger charge is 2.05. The molecule has 0 saturated heterocycles. The predicted octanol–water partition coefficient (Wildman–Crippen LogP) is 3.03. The molecule has 5 nitrogen and oxygen atoms in total. The Bertz CT molecular complexity index is 796. The highest BCUT2D eigenvalue weighted by molar-refractivity contribution is 7.10. The summed E-state index contributed by atoms with van der Waals surface area (Å²) < 4.78 is 1.89. The van der Waals surface area contributed by atoms with Gasteiger partial charge in [0.05, 0.1) is 5.56 Å². The molecule has 104 valence electrons. The van der Waals surface area contributed by atoms with E-state index in [-0.39, 0.29) is 0 Å². The molecule has 2 aromatic heterocycles. The highest BCUT2D eigenvalue weighted by Crippen LogP contribution is 2.21. The van der Waals surface area contributed by atoms with Crippen LogP contribution in [0.2, 0.25) is 0 Å². The minimum absolute atomic E-state index is 0.703. The van der Waals surface area contributed by atoms with Gasteiger partial charge in [-0.15, -0.1) is 21.5 Å². The van der Waals surface area contributed by atoms with Crippen LogP contribution in [-0.2, 0) is 13.6 Å². The molecule has 0 bridgehead atoms. The van der Waals surface area contributed by atoms with Crippen molar-refractivity contribution in [3.8, 4) is 17.5 Å². The summed E-state index contributed by atoms with van der Waals surface area (Å²) in [5.41, 5.74) is 2.75. The molecule has 2 heterocycles. The maximum absolute atomic E-state index is 8.83. The average Bonchev–Trinajstić information content (AvgIpc) is 3.14. The fourth-order valence-electron chi connectivity index (χ4n) is 2.03. The third-order valence-corrected chi connectivity index (χ3v) is 4.02. The first-order chi connectivity index (χ1) is 10.3. The molecular formula is C15H13N5S. The van der Waals surface area contributed by atoms with Crippen molar-refractivity contribution in [2.75, 3.05) is 5.32 Å². The van der Waals surface area contributed by atoms with Crippen molar-refractivity contribution in [3.63, 3.8) is 0 Å². The van der Waals surface area contributed by atoms with Gasteiger partial charge in [-0.3, -0.25) is 0 Å². The summed E-state index contributed by atoms with van der Waals surface area (Å²) in [5.74, 6) is 0.835. The maximum atomic E-state index is 8.83. The van der Waals surface area contributed by atoms with Crippen LogP contribution < -0.4 is 5.32 Å². The molecule has 0 radical (unpaired) electrons. The maximum Gasteiger partial charge on any atom is 0.163 e. The molecule has 0 aliphatic rings. The Hall–Kier alpha value is -2.65. The molecule has 1 aromatic carbocycles. The molecule has 0 aliphatic heterocycles. The standard InChI is InChI=1S/C15H13N5S/c1-20-10-18-19-15(20)12-3-2-4-13(6-12)17-8-14-5-11(7-16)9-21-14/h2-6,9-10,17H,8H2,1H3. The van der Waals surface area contributed by atoms with Crippen LogP contribution in [-0.4, -0.2) is 14.8 Å². The minimum Gasteiger partial charge on any atom is -0.380 e. The monoisotopic (exact) mass is 295 g/mol. The number of nitrogens with one attached hydrogen (secondary N) is 1. The molecule has 21 heavy (non-hydrogen) atoms. The Morgan fingerprint density at radius 3 is 3.00 bits per heavy atom. The van der Waals surface area contributed by atoms with E-state index in [4.69, 9.17) is 5.26 Å². The second-order valence-corrected chi connectivity index (χ2v) is 5.61. The summed E-state index contributed by atoms with van der Waals surface area (Å²) in [6.45, 7) is 0.703. The van der Waals surface area contributed by atoms with Crippen LogP contribution in [0.5, 0.6) is 0 Å². The van der Waals surface area contributed by atoms with E-state index < -0.39 is 0 Å². The number of thiophene rings is 1. The van der Waals surface area contributed by atoms with Crippen molar-refractivity contribution < 1.29 is 0 Å². The third kappa shape index (κ3) is 2.93. The molecule has 1 N–H and O–H groups in total. The van der Waals surface area contributed by atoms with Gasteiger partial charge in [0.25, 0.3) is 0 Å². The zero-order valence-electron chi connectivity index (χ0n) is 11.4. The summed E-state index contributed by atoms with van der Waals surface area (Å²) in [6.07, 6.45) is 1.69. The Labute approximate surface area is 126 Å². The van der Waals surface area contributed by atoms with Crippen LogP contribution in [0.15, 0.2) is 42.0 Å². The second-order valence-electron chi connectivity index (χ2n) is 4.61. The first-order valence-corrected chi connectivity index (χ1v) is 7.30. The van der Waals surface area contributed by atoms with Crippen LogP contribution in [0.3, 0.4) is 0 Å². The van der Waals surface area contributed by atoms with Crippen molar-refractivity contribution in [2.24, 2.45) is 7.05 Å². The van der Waals surface area contributed by atoms with E-state index in [1.165, 1.54) is 0 Å². The van der Waals surface area contributed by atoms with Crippen LogP contribution in [0.4, 0.5) is 5.69 Å². The van der Waals surface area contributed by atoms with E-state index in [0.29, 0.717) is 12.1 Å². The van der Waals surface area contributed by atoms with E-state index in [9.17, 15) is 0 Å². The SMILES string of the molecule is Cn1cnnc1-c1cccc(NCc2cc(C#N)cs2)c1. The lowest BCUT2D eigenvalue weighted by molar-refractivity contribution is 0.920. The van der Waals surface area contributed by atoms with Gasteiger partial charge in [-0.25, -0.2) is 0 Å². The largest absolute Gasteiger partial charge is 0.380 e. The summed E-state index contributed by atoms with van der Waals surface area (Å²) in [6, 6.07) is 12.1. The van der Waals surface area contributed by atoms with Gasteiger partial charge >= 0.3 is 0 Å². The van der Waals surface area contributed by atoms with Gasteiger partial charge in [0, 0.05) is 35.1 Å². The molecular weight excluding hydrogens is 282 g/mol. The van der Waals surface area contributed by atoms with Crippen LogP contribution in [0.1, 0.15) is 10.4 Å². The van der Waals surface area contributed by atoms with Crippen molar-refractivity contribution in [1.29, 1.82) is 5.26 Å². The van der Waals surface area contributed by atoms with E-state index in [2.05, 4.69) is 21.6 Å². The molecule has 0 aliphatic carbocycles. The first-order valence-electron chi connectivity index (χ1n) is 6.42. The lowest BCUT2D eigenvalue weighted by Gasteiger charge is -2.07. The number of hydrogen-bond donors (Lipinski definition) is 1. The molecule has 3 aromatic rings. The van der Waals surface area contributed by atoms with Crippen molar-refractivity contribution in [1.82, 2.24) is 14.8 Å². The van der Waals surface area contributed by atoms with Crippen molar-refractivity contribution in [3.05, 3.63) is 52.5 Å². The fraction of sp³-hybridized carbons (Fsp3) is 0.133. The molecule has 6 heteroatoms. The van der Waals surface area contributed by atoms with Crippen LogP contribution in [0.25, 0.3) is 11.4 Å². The molecule has 0 fully saturated rings. The van der Waals surface area contributed by atoms with E-state index in [1.54, 1.807) is 17.7 Å². The highest BCUT2D eigenvalue weighted by atomic mass is 32.1. The van der Waals surface area contributed by atoms with Crippen molar-refractivity contribution in [2.45, 2.75) is 6.54 Å². The predicted molar refractivity (Wildman–Crippen MR) is 82.8 cm³/mol. The van der Waals surface area contributed by atoms with Gasteiger partial charge in [-0.1, -0.05) is 12.1 Å². The number of rotatable bonds is 4. The Morgan fingerprint density at radius 1 is 1.38 bits per heavy atom. The van der Waals surface area contributed by atoms with Gasteiger partial charge in [-0.2, -0.15) is 5.26 Å². The van der Waals surface area contributed by atoms with Crippen LogP contribution >= 0.6 is 11.3 Å². The quantitative estimate of drug-likeness (QED) is 0.803.